The van der Waals surface area contributed by atoms with Gasteiger partial charge in [0.25, 0.3) is 0 Å². The van der Waals surface area contributed by atoms with E-state index in [9.17, 15) is 10.2 Å². The van der Waals surface area contributed by atoms with E-state index < -0.39 is 0 Å². The van der Waals surface area contributed by atoms with E-state index in [0.717, 1.165) is 72.7 Å². The smallest absolute Gasteiger partial charge is 0.120 e. The van der Waals surface area contributed by atoms with Crippen LogP contribution in [0, 0.1) is 0 Å². The molecule has 160 valence electrons. The topological polar surface area (TPSA) is 46.9 Å². The summed E-state index contributed by atoms with van der Waals surface area (Å²) in [6, 6.07) is 12.1. The van der Waals surface area contributed by atoms with Gasteiger partial charge in [0, 0.05) is 24.2 Å². The van der Waals surface area contributed by atoms with Gasteiger partial charge in [-0.2, -0.15) is 0 Å². The molecular weight excluding hydrogens is 372 g/mol. The van der Waals surface area contributed by atoms with Gasteiger partial charge < -0.3 is 10.2 Å². The van der Waals surface area contributed by atoms with Crippen LogP contribution in [-0.4, -0.2) is 46.2 Å². The lowest BCUT2D eigenvalue weighted by atomic mass is 9.95. The van der Waals surface area contributed by atoms with Crippen LogP contribution in [0.3, 0.4) is 0 Å². The first-order chi connectivity index (χ1) is 14.5. The van der Waals surface area contributed by atoms with Gasteiger partial charge in [-0.1, -0.05) is 24.3 Å². The van der Waals surface area contributed by atoms with Crippen molar-refractivity contribution in [1.82, 2.24) is 9.80 Å². The van der Waals surface area contributed by atoms with Crippen LogP contribution in [0.2, 0.25) is 0 Å². The maximum atomic E-state index is 10.6. The Morgan fingerprint density at radius 2 is 1.03 bits per heavy atom. The molecule has 2 heterocycles. The molecule has 0 saturated carbocycles. The first-order valence-corrected chi connectivity index (χ1v) is 11.3. The molecule has 0 radical (unpaired) electrons. The molecule has 0 aliphatic carbocycles. The summed E-state index contributed by atoms with van der Waals surface area (Å²) in [7, 11) is 0. The van der Waals surface area contributed by atoms with Crippen molar-refractivity contribution in [2.24, 2.45) is 0 Å². The van der Waals surface area contributed by atoms with E-state index in [4.69, 9.17) is 0 Å². The molecule has 0 atom stereocenters. The van der Waals surface area contributed by atoms with E-state index >= 15 is 0 Å². The molecule has 2 saturated heterocycles. The summed E-state index contributed by atoms with van der Waals surface area (Å²) in [5.74, 6) is 0.741. The Morgan fingerprint density at radius 3 is 1.37 bits per heavy atom. The van der Waals surface area contributed by atoms with E-state index in [1.54, 1.807) is 0 Å². The number of phenolic OH excluding ortho intramolecular Hbond substituents is 2. The van der Waals surface area contributed by atoms with Crippen LogP contribution in [-0.2, 0) is 13.1 Å². The molecule has 2 aromatic carbocycles. The zero-order chi connectivity index (χ0) is 21.1. The molecule has 0 bridgehead atoms. The van der Waals surface area contributed by atoms with Crippen LogP contribution >= 0.6 is 0 Å². The molecule has 0 aromatic heterocycles. The van der Waals surface area contributed by atoms with Crippen molar-refractivity contribution in [2.45, 2.75) is 52.6 Å². The second-order valence-corrected chi connectivity index (χ2v) is 8.90. The SMILES string of the molecule is C/C(=C(\C)c1ccc(CN2CCCC2)c(O)c1)c1ccc(CN2CCCC2)c(O)c1. The minimum atomic E-state index is 0.371. The second-order valence-electron chi connectivity index (χ2n) is 8.90. The Morgan fingerprint density at radius 1 is 0.667 bits per heavy atom. The molecular formula is C26H34N2O2. The second kappa shape index (κ2) is 9.23. The first-order valence-electron chi connectivity index (χ1n) is 11.3. The summed E-state index contributed by atoms with van der Waals surface area (Å²) in [4.78, 5) is 4.80. The lowest BCUT2D eigenvalue weighted by Gasteiger charge is -2.17. The van der Waals surface area contributed by atoms with Crippen LogP contribution in [0.1, 0.15) is 61.8 Å². The van der Waals surface area contributed by atoms with E-state index in [1.807, 2.05) is 12.1 Å². The molecule has 2 fully saturated rings. The van der Waals surface area contributed by atoms with Gasteiger partial charge in [-0.05, 0) is 100 Å². The van der Waals surface area contributed by atoms with Crippen molar-refractivity contribution in [1.29, 1.82) is 0 Å². The standard InChI is InChI=1S/C26H34N2O2/c1-19(21-7-9-23(25(29)15-21)17-27-11-3-4-12-27)20(2)22-8-10-24(26(30)16-22)18-28-13-5-6-14-28/h7-10,15-16,29-30H,3-6,11-14,17-18H2,1-2H3/b20-19-. The lowest BCUT2D eigenvalue weighted by molar-refractivity contribution is 0.324. The normalized spacial score (nSPS) is 18.7. The summed E-state index contributed by atoms with van der Waals surface area (Å²) >= 11 is 0. The summed E-state index contributed by atoms with van der Waals surface area (Å²) in [5.41, 5.74) is 6.27. The largest absolute Gasteiger partial charge is 0.508 e. The third kappa shape index (κ3) is 4.71. The Labute approximate surface area is 180 Å². The molecule has 2 aliphatic heterocycles. The predicted molar refractivity (Wildman–Crippen MR) is 123 cm³/mol. The number of nitrogens with zero attached hydrogens (tertiary/aromatic N) is 2. The van der Waals surface area contributed by atoms with Gasteiger partial charge in [-0.15, -0.1) is 0 Å². The van der Waals surface area contributed by atoms with Crippen LogP contribution in [0.25, 0.3) is 11.1 Å². The number of hydrogen-bond acceptors (Lipinski definition) is 4. The zero-order valence-corrected chi connectivity index (χ0v) is 18.3. The molecule has 30 heavy (non-hydrogen) atoms. The van der Waals surface area contributed by atoms with E-state index in [-0.39, 0.29) is 0 Å². The molecule has 0 spiro atoms. The summed E-state index contributed by atoms with van der Waals surface area (Å²) in [6.07, 6.45) is 5.01. The van der Waals surface area contributed by atoms with E-state index in [1.165, 1.54) is 25.7 Å². The van der Waals surface area contributed by atoms with Gasteiger partial charge in [-0.3, -0.25) is 9.80 Å². The average molecular weight is 407 g/mol. The molecule has 0 amide bonds. The molecule has 0 unspecified atom stereocenters. The maximum absolute atomic E-state index is 10.6. The fraction of sp³-hybridized carbons (Fsp3) is 0.462. The molecule has 2 N–H and O–H groups in total. The highest BCUT2D eigenvalue weighted by Gasteiger charge is 2.16. The summed E-state index contributed by atoms with van der Waals surface area (Å²) in [6.45, 7) is 10.3. The molecule has 2 aromatic rings. The summed E-state index contributed by atoms with van der Waals surface area (Å²) < 4.78 is 0. The average Bonchev–Trinajstić information content (AvgIpc) is 3.44. The van der Waals surface area contributed by atoms with Crippen LogP contribution in [0.5, 0.6) is 11.5 Å². The molecule has 4 heteroatoms. The van der Waals surface area contributed by atoms with Crippen LogP contribution in [0.4, 0.5) is 0 Å². The van der Waals surface area contributed by atoms with Crippen molar-refractivity contribution in [3.8, 4) is 11.5 Å². The molecule has 4 nitrogen and oxygen atoms in total. The van der Waals surface area contributed by atoms with Crippen molar-refractivity contribution in [3.05, 3.63) is 58.7 Å². The minimum absolute atomic E-state index is 0.371. The van der Waals surface area contributed by atoms with Gasteiger partial charge >= 0.3 is 0 Å². The Hall–Kier alpha value is -2.30. The van der Waals surface area contributed by atoms with Crippen molar-refractivity contribution in [2.75, 3.05) is 26.2 Å². The van der Waals surface area contributed by atoms with Crippen LogP contribution in [0.15, 0.2) is 36.4 Å². The monoisotopic (exact) mass is 406 g/mol. The highest BCUT2D eigenvalue weighted by atomic mass is 16.3. The lowest BCUT2D eigenvalue weighted by Crippen LogP contribution is -2.18. The van der Waals surface area contributed by atoms with Gasteiger partial charge in [-0.25, -0.2) is 0 Å². The van der Waals surface area contributed by atoms with E-state index in [2.05, 4.69) is 47.9 Å². The van der Waals surface area contributed by atoms with Crippen molar-refractivity contribution >= 4 is 11.1 Å². The van der Waals surface area contributed by atoms with E-state index in [0.29, 0.717) is 11.5 Å². The maximum Gasteiger partial charge on any atom is 0.120 e. The Bertz CT molecular complexity index is 847. The first kappa shape index (κ1) is 21.0. The number of likely N-dealkylation sites (tertiary alicyclic amines) is 2. The molecule has 2 aliphatic rings. The Kier molecular flexibility index (Phi) is 6.45. The highest BCUT2D eigenvalue weighted by molar-refractivity contribution is 5.89. The minimum Gasteiger partial charge on any atom is -0.508 e. The van der Waals surface area contributed by atoms with Gasteiger partial charge in [0.2, 0.25) is 0 Å². The fourth-order valence-electron chi connectivity index (χ4n) is 4.66. The number of allylic oxidation sites excluding steroid dienone is 2. The van der Waals surface area contributed by atoms with Crippen molar-refractivity contribution < 1.29 is 10.2 Å². The number of aromatic hydroxyl groups is 2. The predicted octanol–water partition coefficient (Wildman–Crippen LogP) is 5.24. The number of rotatable bonds is 6. The number of hydrogen-bond donors (Lipinski definition) is 2. The fourth-order valence-corrected chi connectivity index (χ4v) is 4.66. The zero-order valence-electron chi connectivity index (χ0n) is 18.3. The number of benzene rings is 2. The van der Waals surface area contributed by atoms with Crippen molar-refractivity contribution in [3.63, 3.8) is 0 Å². The third-order valence-corrected chi connectivity index (χ3v) is 6.78. The van der Waals surface area contributed by atoms with Gasteiger partial charge in [0.1, 0.15) is 11.5 Å². The van der Waals surface area contributed by atoms with Crippen LogP contribution < -0.4 is 0 Å². The summed E-state index contributed by atoms with van der Waals surface area (Å²) in [5, 5.41) is 21.2. The van der Waals surface area contributed by atoms with Gasteiger partial charge in [0.05, 0.1) is 0 Å². The van der Waals surface area contributed by atoms with Gasteiger partial charge in [0.15, 0.2) is 0 Å². The third-order valence-electron chi connectivity index (χ3n) is 6.78. The highest BCUT2D eigenvalue weighted by Crippen LogP contribution is 2.32. The Balaban J connectivity index is 1.51. The molecule has 4 rings (SSSR count). The quantitative estimate of drug-likeness (QED) is 0.644. The number of phenols is 2.